The van der Waals surface area contributed by atoms with E-state index in [0.717, 1.165) is 61.9 Å². The van der Waals surface area contributed by atoms with Gasteiger partial charge in [0.1, 0.15) is 11.7 Å². The van der Waals surface area contributed by atoms with Crippen molar-refractivity contribution in [2.45, 2.75) is 84.1 Å². The number of thiophene rings is 1. The third kappa shape index (κ3) is 5.20. The Bertz CT molecular complexity index is 810. The molecule has 0 spiro atoms. The molecule has 1 saturated heterocycles. The fourth-order valence-electron chi connectivity index (χ4n) is 5.47. The van der Waals surface area contributed by atoms with Crippen LogP contribution in [0.5, 0.6) is 0 Å². The Hall–Kier alpha value is -1.44. The first-order chi connectivity index (χ1) is 15.2. The summed E-state index contributed by atoms with van der Waals surface area (Å²) in [7, 11) is 0. The van der Waals surface area contributed by atoms with Crippen molar-refractivity contribution in [2.24, 2.45) is 17.3 Å². The second-order valence-electron chi connectivity index (χ2n) is 10.8. The van der Waals surface area contributed by atoms with Gasteiger partial charge < -0.3 is 19.5 Å². The van der Waals surface area contributed by atoms with E-state index in [1.165, 1.54) is 11.3 Å². The van der Waals surface area contributed by atoms with E-state index in [0.29, 0.717) is 35.3 Å². The quantitative estimate of drug-likeness (QED) is 0.609. The first kappa shape index (κ1) is 23.7. The number of carbonyl (C=O) groups is 2. The van der Waals surface area contributed by atoms with E-state index < -0.39 is 5.97 Å². The van der Waals surface area contributed by atoms with Gasteiger partial charge in [-0.2, -0.15) is 0 Å². The molecule has 32 heavy (non-hydrogen) atoms. The molecule has 6 nitrogen and oxygen atoms in total. The van der Waals surface area contributed by atoms with Crippen LogP contribution in [0.4, 0.5) is 5.69 Å². The second-order valence-corrected chi connectivity index (χ2v) is 11.9. The van der Waals surface area contributed by atoms with Crippen molar-refractivity contribution in [1.29, 1.82) is 0 Å². The fraction of sp³-hybridized carbons (Fsp3) is 0.760. The molecule has 1 N–H and O–H groups in total. The molecule has 0 unspecified atom stereocenters. The molecule has 0 aromatic carbocycles. The molecule has 1 aromatic heterocycles. The van der Waals surface area contributed by atoms with Gasteiger partial charge in [0.2, 0.25) is 5.91 Å². The number of nitrogens with zero attached hydrogens (tertiary/aromatic N) is 1. The van der Waals surface area contributed by atoms with Crippen molar-refractivity contribution in [1.82, 2.24) is 0 Å². The van der Waals surface area contributed by atoms with Crippen LogP contribution >= 0.6 is 11.3 Å². The highest BCUT2D eigenvalue weighted by molar-refractivity contribution is 7.14. The van der Waals surface area contributed by atoms with Gasteiger partial charge in [0.05, 0.1) is 24.9 Å². The van der Waals surface area contributed by atoms with Gasteiger partial charge in [0, 0.05) is 10.8 Å². The van der Waals surface area contributed by atoms with Crippen LogP contribution in [0.2, 0.25) is 0 Å². The van der Waals surface area contributed by atoms with Crippen LogP contribution in [0, 0.1) is 17.3 Å². The maximum atomic E-state index is 13.9. The van der Waals surface area contributed by atoms with Gasteiger partial charge in [0.15, 0.2) is 0 Å². The number of rotatable bonds is 5. The van der Waals surface area contributed by atoms with Crippen LogP contribution in [-0.2, 0) is 14.3 Å². The van der Waals surface area contributed by atoms with Gasteiger partial charge in [-0.1, -0.05) is 20.8 Å². The Kier molecular flexibility index (Phi) is 7.27. The van der Waals surface area contributed by atoms with Crippen LogP contribution in [0.15, 0.2) is 6.07 Å². The maximum absolute atomic E-state index is 13.9. The summed E-state index contributed by atoms with van der Waals surface area (Å²) < 4.78 is 11.2. The van der Waals surface area contributed by atoms with Gasteiger partial charge in [-0.3, -0.25) is 4.79 Å². The number of aromatic carboxylic acids is 1. The number of anilines is 1. The lowest BCUT2D eigenvalue weighted by Gasteiger charge is -2.39. The number of carboxylic acid groups (broad SMARTS) is 1. The van der Waals surface area contributed by atoms with Gasteiger partial charge in [0.25, 0.3) is 0 Å². The van der Waals surface area contributed by atoms with E-state index in [1.54, 1.807) is 6.07 Å². The molecule has 0 atom stereocenters. The predicted molar refractivity (Wildman–Crippen MR) is 125 cm³/mol. The van der Waals surface area contributed by atoms with Gasteiger partial charge in [-0.05, 0) is 74.7 Å². The molecule has 3 fully saturated rings. The molecule has 2 saturated carbocycles. The van der Waals surface area contributed by atoms with Crippen LogP contribution in [0.3, 0.4) is 0 Å². The smallest absolute Gasteiger partial charge is 0.345 e. The van der Waals surface area contributed by atoms with Crippen molar-refractivity contribution < 1.29 is 24.2 Å². The molecule has 1 amide bonds. The van der Waals surface area contributed by atoms with Crippen molar-refractivity contribution >= 4 is 28.9 Å². The summed E-state index contributed by atoms with van der Waals surface area (Å²) >= 11 is 1.36. The standard InChI is InChI=1S/C25H37NO5S/c1-16-4-6-18(7-5-16)23(27)26(19-13-30-15-31-14-19)20-12-21(24(28)29)32-22(20)17-8-10-25(2,3)11-9-17/h12,16-19H,4-11,13-15H2,1-3H3,(H,28,29)/t16-,18-. The molecule has 2 aliphatic carbocycles. The minimum atomic E-state index is -0.923. The molecular formula is C25H37NO5S. The normalized spacial score (nSPS) is 27.2. The number of hydrogen-bond donors (Lipinski definition) is 1. The highest BCUT2D eigenvalue weighted by Gasteiger charge is 2.38. The number of carbonyl (C=O) groups excluding carboxylic acids is 1. The predicted octanol–water partition coefficient (Wildman–Crippen LogP) is 5.66. The minimum absolute atomic E-state index is 0.0144. The van der Waals surface area contributed by atoms with Crippen LogP contribution in [0.25, 0.3) is 0 Å². The Balaban J connectivity index is 1.69. The summed E-state index contributed by atoms with van der Waals surface area (Å²) in [6.07, 6.45) is 8.21. The summed E-state index contributed by atoms with van der Waals surface area (Å²) in [6, 6.07) is 1.52. The molecule has 178 valence electrons. The van der Waals surface area contributed by atoms with Gasteiger partial charge in [-0.15, -0.1) is 11.3 Å². The van der Waals surface area contributed by atoms with E-state index >= 15 is 0 Å². The highest BCUT2D eigenvalue weighted by Crippen LogP contribution is 2.48. The molecule has 4 rings (SSSR count). The molecule has 0 bridgehead atoms. The van der Waals surface area contributed by atoms with E-state index in [9.17, 15) is 14.7 Å². The average Bonchev–Trinajstić information content (AvgIpc) is 3.20. The van der Waals surface area contributed by atoms with E-state index in [4.69, 9.17) is 9.47 Å². The first-order valence-corrected chi connectivity index (χ1v) is 12.9. The molecule has 1 aromatic rings. The average molecular weight is 464 g/mol. The molecule has 1 aliphatic heterocycles. The largest absolute Gasteiger partial charge is 0.477 e. The second kappa shape index (κ2) is 9.82. The lowest BCUT2D eigenvalue weighted by atomic mass is 9.72. The Morgan fingerprint density at radius 3 is 2.28 bits per heavy atom. The lowest BCUT2D eigenvalue weighted by molar-refractivity contribution is -0.131. The monoisotopic (exact) mass is 463 g/mol. The van der Waals surface area contributed by atoms with Crippen LogP contribution < -0.4 is 4.90 Å². The van der Waals surface area contributed by atoms with Gasteiger partial charge >= 0.3 is 5.97 Å². The summed E-state index contributed by atoms with van der Waals surface area (Å²) in [5, 5.41) is 9.77. The molecule has 0 radical (unpaired) electrons. The first-order valence-electron chi connectivity index (χ1n) is 12.1. The number of ether oxygens (including phenoxy) is 2. The Labute approximate surface area is 195 Å². The van der Waals surface area contributed by atoms with Gasteiger partial charge in [-0.25, -0.2) is 4.79 Å². The molecule has 7 heteroatoms. The van der Waals surface area contributed by atoms with Crippen molar-refractivity contribution in [3.05, 3.63) is 15.8 Å². The Morgan fingerprint density at radius 2 is 1.69 bits per heavy atom. The summed E-state index contributed by atoms with van der Waals surface area (Å²) in [5.74, 6) is 0.134. The number of hydrogen-bond acceptors (Lipinski definition) is 5. The topological polar surface area (TPSA) is 76.1 Å². The summed E-state index contributed by atoms with van der Waals surface area (Å²) in [5.41, 5.74) is 1.11. The van der Waals surface area contributed by atoms with Crippen LogP contribution in [-0.4, -0.2) is 43.0 Å². The SMILES string of the molecule is CC1(C)CCC(c2sc(C(=O)O)cc2N(C(=O)[C@H]2CC[C@H](C)CC2)C2COCOC2)CC1. The molecular weight excluding hydrogens is 426 g/mol. The summed E-state index contributed by atoms with van der Waals surface area (Å²) in [4.78, 5) is 29.1. The zero-order valence-corrected chi connectivity index (χ0v) is 20.4. The lowest BCUT2D eigenvalue weighted by Crippen LogP contribution is -2.51. The third-order valence-electron chi connectivity index (χ3n) is 7.68. The van der Waals surface area contributed by atoms with Crippen molar-refractivity contribution in [2.75, 3.05) is 24.9 Å². The minimum Gasteiger partial charge on any atom is -0.477 e. The summed E-state index contributed by atoms with van der Waals surface area (Å²) in [6.45, 7) is 7.94. The Morgan fingerprint density at radius 1 is 1.06 bits per heavy atom. The zero-order valence-electron chi connectivity index (χ0n) is 19.6. The van der Waals surface area contributed by atoms with E-state index in [2.05, 4.69) is 20.8 Å². The molecule has 3 aliphatic rings. The highest BCUT2D eigenvalue weighted by atomic mass is 32.1. The third-order valence-corrected chi connectivity index (χ3v) is 8.95. The number of amides is 1. The molecule has 2 heterocycles. The van der Waals surface area contributed by atoms with E-state index in [1.807, 2.05) is 4.90 Å². The van der Waals surface area contributed by atoms with Crippen LogP contribution in [0.1, 0.15) is 92.6 Å². The van der Waals surface area contributed by atoms with E-state index in [-0.39, 0.29) is 24.7 Å². The fourth-order valence-corrected chi connectivity index (χ4v) is 6.63. The number of carboxylic acids is 1. The zero-order chi connectivity index (χ0) is 22.9. The van der Waals surface area contributed by atoms with Crippen molar-refractivity contribution in [3.63, 3.8) is 0 Å². The van der Waals surface area contributed by atoms with Crippen molar-refractivity contribution in [3.8, 4) is 0 Å². The maximum Gasteiger partial charge on any atom is 0.345 e.